The van der Waals surface area contributed by atoms with Gasteiger partial charge in [0.2, 0.25) is 0 Å². The number of hydrogen-bond donors (Lipinski definition) is 0. The maximum Gasteiger partial charge on any atom is 0.270 e. The number of nitrogens with zero attached hydrogens (tertiary/aromatic N) is 3. The van der Waals surface area contributed by atoms with Crippen molar-refractivity contribution in [2.45, 2.75) is 0 Å². The number of nitro groups is 1. The van der Waals surface area contributed by atoms with E-state index in [0.29, 0.717) is 5.69 Å². The van der Waals surface area contributed by atoms with Crippen LogP contribution in [-0.2, 0) is 4.84 Å². The molecule has 0 atom stereocenters. The minimum atomic E-state index is -0.544. The Hall–Kier alpha value is -2.13. The maximum atomic E-state index is 10.5. The van der Waals surface area contributed by atoms with Gasteiger partial charge in [-0.25, -0.2) is 0 Å². The molecular formula is C9H9N3O3. The van der Waals surface area contributed by atoms with Crippen LogP contribution >= 0.6 is 0 Å². The van der Waals surface area contributed by atoms with Crippen molar-refractivity contribution in [3.63, 3.8) is 0 Å². The zero-order valence-electron chi connectivity index (χ0n) is 8.30. The van der Waals surface area contributed by atoms with E-state index in [2.05, 4.69) is 0 Å². The number of hydroxylamine groups is 1. The topological polar surface area (TPSA) is 79.4 Å². The van der Waals surface area contributed by atoms with E-state index in [0.717, 1.165) is 0 Å². The van der Waals surface area contributed by atoms with Gasteiger partial charge in [0.1, 0.15) is 6.07 Å². The molecule has 1 rings (SSSR count). The zero-order chi connectivity index (χ0) is 11.4. The average molecular weight is 207 g/mol. The smallest absolute Gasteiger partial charge is 0.270 e. The summed E-state index contributed by atoms with van der Waals surface area (Å²) in [4.78, 5) is 14.8. The van der Waals surface area contributed by atoms with Crippen LogP contribution in [0.25, 0.3) is 0 Å². The minimum Gasteiger partial charge on any atom is -0.277 e. The number of benzene rings is 1. The predicted octanol–water partition coefficient (Wildman–Crippen LogP) is 1.46. The molecule has 0 amide bonds. The van der Waals surface area contributed by atoms with Gasteiger partial charge in [-0.15, -0.1) is 0 Å². The number of nitro benzene ring substituents is 1. The van der Waals surface area contributed by atoms with Crippen molar-refractivity contribution in [3.05, 3.63) is 33.9 Å². The van der Waals surface area contributed by atoms with Gasteiger partial charge in [-0.2, -0.15) is 5.26 Å². The molecule has 0 bridgehead atoms. The van der Waals surface area contributed by atoms with E-state index in [4.69, 9.17) is 10.1 Å². The SMILES string of the molecule is CON(C)c1ccc([N+](=O)[O-])cc1C#N. The van der Waals surface area contributed by atoms with Crippen LogP contribution in [0.15, 0.2) is 18.2 Å². The van der Waals surface area contributed by atoms with Gasteiger partial charge >= 0.3 is 0 Å². The molecule has 1 aromatic rings. The standard InChI is InChI=1S/C9H9N3O3/c1-11(15-2)9-4-3-8(12(13)14)5-7(9)6-10/h3-5H,1-2H3. The number of rotatable bonds is 3. The van der Waals surface area contributed by atoms with Crippen molar-refractivity contribution >= 4 is 11.4 Å². The fourth-order valence-corrected chi connectivity index (χ4v) is 1.10. The van der Waals surface area contributed by atoms with Crippen LogP contribution in [0.1, 0.15) is 5.56 Å². The van der Waals surface area contributed by atoms with E-state index < -0.39 is 4.92 Å². The highest BCUT2D eigenvalue weighted by atomic mass is 16.7. The number of anilines is 1. The second-order valence-electron chi connectivity index (χ2n) is 2.75. The van der Waals surface area contributed by atoms with Crippen LogP contribution in [0, 0.1) is 21.4 Å². The first-order valence-electron chi connectivity index (χ1n) is 4.06. The molecule has 0 aliphatic carbocycles. The number of nitriles is 1. The van der Waals surface area contributed by atoms with Gasteiger partial charge in [0.05, 0.1) is 23.3 Å². The fourth-order valence-electron chi connectivity index (χ4n) is 1.10. The Balaban J connectivity index is 3.22. The summed E-state index contributed by atoms with van der Waals surface area (Å²) in [5.41, 5.74) is 0.582. The van der Waals surface area contributed by atoms with Crippen molar-refractivity contribution in [2.75, 3.05) is 19.2 Å². The second-order valence-corrected chi connectivity index (χ2v) is 2.75. The molecule has 78 valence electrons. The van der Waals surface area contributed by atoms with Gasteiger partial charge in [0.25, 0.3) is 5.69 Å². The average Bonchev–Trinajstić information content (AvgIpc) is 2.27. The lowest BCUT2D eigenvalue weighted by atomic mass is 10.1. The molecule has 0 heterocycles. The van der Waals surface area contributed by atoms with Crippen molar-refractivity contribution in [2.24, 2.45) is 0 Å². The normalized spacial score (nSPS) is 9.40. The largest absolute Gasteiger partial charge is 0.277 e. The third-order valence-corrected chi connectivity index (χ3v) is 1.92. The lowest BCUT2D eigenvalue weighted by Crippen LogP contribution is -2.15. The molecule has 1 aromatic carbocycles. The van der Waals surface area contributed by atoms with Gasteiger partial charge in [-0.1, -0.05) is 0 Å². The highest BCUT2D eigenvalue weighted by Gasteiger charge is 2.12. The number of hydrogen-bond acceptors (Lipinski definition) is 5. The lowest BCUT2D eigenvalue weighted by molar-refractivity contribution is -0.384. The van der Waals surface area contributed by atoms with Crippen LogP contribution in [0.4, 0.5) is 11.4 Å². The van der Waals surface area contributed by atoms with E-state index in [1.807, 2.05) is 6.07 Å². The number of non-ortho nitro benzene ring substituents is 1. The molecule has 0 aliphatic heterocycles. The van der Waals surface area contributed by atoms with E-state index >= 15 is 0 Å². The van der Waals surface area contributed by atoms with Gasteiger partial charge in [0.15, 0.2) is 0 Å². The molecule has 0 saturated carbocycles. The summed E-state index contributed by atoms with van der Waals surface area (Å²) < 4.78 is 0. The molecule has 0 unspecified atom stereocenters. The molecule has 6 heteroatoms. The highest BCUT2D eigenvalue weighted by Crippen LogP contribution is 2.23. The van der Waals surface area contributed by atoms with E-state index in [1.54, 1.807) is 7.05 Å². The molecular weight excluding hydrogens is 198 g/mol. The second kappa shape index (κ2) is 4.39. The van der Waals surface area contributed by atoms with Gasteiger partial charge < -0.3 is 0 Å². The summed E-state index contributed by atoms with van der Waals surface area (Å²) in [6.45, 7) is 0. The van der Waals surface area contributed by atoms with E-state index in [-0.39, 0.29) is 11.3 Å². The van der Waals surface area contributed by atoms with E-state index in [9.17, 15) is 10.1 Å². The minimum absolute atomic E-state index is 0.111. The zero-order valence-corrected chi connectivity index (χ0v) is 8.30. The third-order valence-electron chi connectivity index (χ3n) is 1.92. The third kappa shape index (κ3) is 2.21. The van der Waals surface area contributed by atoms with Crippen molar-refractivity contribution in [1.82, 2.24) is 0 Å². The van der Waals surface area contributed by atoms with Crippen LogP contribution in [0.5, 0.6) is 0 Å². The summed E-state index contributed by atoms with van der Waals surface area (Å²) in [5, 5.41) is 20.6. The predicted molar refractivity (Wildman–Crippen MR) is 53.2 cm³/mol. The molecule has 0 N–H and O–H groups in total. The summed E-state index contributed by atoms with van der Waals surface area (Å²) in [6.07, 6.45) is 0. The van der Waals surface area contributed by atoms with Crippen LogP contribution in [-0.4, -0.2) is 19.1 Å². The molecule has 0 aliphatic rings. The van der Waals surface area contributed by atoms with Crippen molar-refractivity contribution in [3.8, 4) is 6.07 Å². The Morgan fingerprint density at radius 2 is 2.27 bits per heavy atom. The Kier molecular flexibility index (Phi) is 3.21. The van der Waals surface area contributed by atoms with Crippen LogP contribution in [0.2, 0.25) is 0 Å². The molecule has 6 nitrogen and oxygen atoms in total. The van der Waals surface area contributed by atoms with Crippen LogP contribution in [0.3, 0.4) is 0 Å². The molecule has 0 saturated heterocycles. The highest BCUT2D eigenvalue weighted by molar-refractivity contribution is 5.61. The summed E-state index contributed by atoms with van der Waals surface area (Å²) in [5.74, 6) is 0. The molecule has 0 spiro atoms. The monoisotopic (exact) mass is 207 g/mol. The Bertz CT molecular complexity index is 425. The lowest BCUT2D eigenvalue weighted by Gasteiger charge is -2.16. The summed E-state index contributed by atoms with van der Waals surface area (Å²) >= 11 is 0. The van der Waals surface area contributed by atoms with Gasteiger partial charge in [0, 0.05) is 19.2 Å². The Labute approximate surface area is 86.4 Å². The maximum absolute atomic E-state index is 10.5. The van der Waals surface area contributed by atoms with Crippen molar-refractivity contribution in [1.29, 1.82) is 5.26 Å². The van der Waals surface area contributed by atoms with Gasteiger partial charge in [-0.05, 0) is 6.07 Å². The first-order valence-corrected chi connectivity index (χ1v) is 4.06. The molecule has 0 aromatic heterocycles. The Morgan fingerprint density at radius 3 is 2.73 bits per heavy atom. The Morgan fingerprint density at radius 1 is 1.60 bits per heavy atom. The fraction of sp³-hybridized carbons (Fsp3) is 0.222. The van der Waals surface area contributed by atoms with Gasteiger partial charge in [-0.3, -0.25) is 20.0 Å². The summed E-state index contributed by atoms with van der Waals surface area (Å²) in [7, 11) is 3.06. The first-order chi connectivity index (χ1) is 7.10. The van der Waals surface area contributed by atoms with Crippen LogP contribution < -0.4 is 5.06 Å². The van der Waals surface area contributed by atoms with E-state index in [1.165, 1.54) is 30.4 Å². The molecule has 15 heavy (non-hydrogen) atoms. The molecule has 0 radical (unpaired) electrons. The first kappa shape index (κ1) is 10.9. The summed E-state index contributed by atoms with van der Waals surface area (Å²) in [6, 6.07) is 5.89. The molecule has 0 fully saturated rings. The van der Waals surface area contributed by atoms with Crippen molar-refractivity contribution < 1.29 is 9.76 Å². The quantitative estimate of drug-likeness (QED) is 0.553.